The Morgan fingerprint density at radius 3 is 2.13 bits per heavy atom. The number of hydrogen-bond donors (Lipinski definition) is 4. The lowest BCUT2D eigenvalue weighted by atomic mass is 10.0. The number of nitrogens with zero attached hydrogens (tertiary/aromatic N) is 7. The van der Waals surface area contributed by atoms with E-state index in [0.29, 0.717) is 109 Å². The molecule has 356 valence electrons. The molecule has 5 aromatic rings. The molecule has 4 aromatic heterocycles. The van der Waals surface area contributed by atoms with E-state index in [9.17, 15) is 24.0 Å². The van der Waals surface area contributed by atoms with Gasteiger partial charge in [0.2, 0.25) is 11.9 Å². The van der Waals surface area contributed by atoms with Crippen LogP contribution in [0.15, 0.2) is 53.7 Å². The maximum absolute atomic E-state index is 13.6. The lowest BCUT2D eigenvalue weighted by Crippen LogP contribution is -2.49. The molecule has 2 aliphatic rings. The second-order valence-corrected chi connectivity index (χ2v) is 17.8. The van der Waals surface area contributed by atoms with Crippen molar-refractivity contribution < 1.29 is 33.4 Å². The Morgan fingerprint density at radius 1 is 0.791 bits per heavy atom. The van der Waals surface area contributed by atoms with Crippen LogP contribution in [0.5, 0.6) is 0 Å². The van der Waals surface area contributed by atoms with Crippen molar-refractivity contribution >= 4 is 68.5 Å². The molecule has 1 aliphatic heterocycles. The Bertz CT molecular complexity index is 2590. The molecule has 0 bridgehead atoms. The average Bonchev–Trinajstić information content (AvgIpc) is 4.00. The van der Waals surface area contributed by atoms with E-state index in [4.69, 9.17) is 19.2 Å². The second kappa shape index (κ2) is 23.5. The van der Waals surface area contributed by atoms with Gasteiger partial charge in [0.1, 0.15) is 11.5 Å². The van der Waals surface area contributed by atoms with Gasteiger partial charge >= 0.3 is 0 Å². The number of fused-ring (bicyclic) bond motifs is 1. The molecule has 7 rings (SSSR count). The number of ketones is 1. The van der Waals surface area contributed by atoms with Gasteiger partial charge in [-0.2, -0.15) is 4.98 Å². The number of thiazole rings is 1. The van der Waals surface area contributed by atoms with E-state index < -0.39 is 0 Å². The molecule has 1 saturated carbocycles. The number of pyridine rings is 2. The molecule has 1 aromatic carbocycles. The number of rotatable bonds is 22. The maximum Gasteiger partial charge on any atom is 0.263 e. The number of anilines is 4. The number of ether oxygens (including phenoxy) is 3. The van der Waals surface area contributed by atoms with Gasteiger partial charge in [-0.3, -0.25) is 38.8 Å². The molecule has 4 N–H and O–H groups in total. The average molecular weight is 938 g/mol. The van der Waals surface area contributed by atoms with Crippen LogP contribution in [0, 0.1) is 20.8 Å². The summed E-state index contributed by atoms with van der Waals surface area (Å²) in [5, 5.41) is 12.9. The molecule has 0 atom stereocenters. The van der Waals surface area contributed by atoms with Crippen molar-refractivity contribution in [1.29, 1.82) is 0 Å². The van der Waals surface area contributed by atoms with E-state index in [1.165, 1.54) is 18.3 Å². The van der Waals surface area contributed by atoms with Gasteiger partial charge in [0, 0.05) is 79.1 Å². The highest BCUT2D eigenvalue weighted by atomic mass is 32.1. The molecule has 19 nitrogen and oxygen atoms in total. The van der Waals surface area contributed by atoms with E-state index in [-0.39, 0.29) is 40.7 Å². The molecule has 1 aliphatic carbocycles. The number of benzene rings is 1. The zero-order valence-corrected chi connectivity index (χ0v) is 39.3. The highest BCUT2D eigenvalue weighted by molar-refractivity contribution is 7.15. The van der Waals surface area contributed by atoms with Crippen molar-refractivity contribution in [2.45, 2.75) is 59.4 Å². The molecule has 3 amide bonds. The molecular weight excluding hydrogens is 879 g/mol. The Labute approximate surface area is 393 Å². The molecule has 0 radical (unpaired) electrons. The van der Waals surface area contributed by atoms with E-state index in [1.54, 1.807) is 55.2 Å². The predicted molar refractivity (Wildman–Crippen MR) is 256 cm³/mol. The number of Topliss-reactive ketones (excluding diaryl/α,β-unsaturated/α-hetero) is 1. The second-order valence-electron chi connectivity index (χ2n) is 16.6. The summed E-state index contributed by atoms with van der Waals surface area (Å²) in [6, 6.07) is 8.79. The third-order valence-electron chi connectivity index (χ3n) is 11.8. The molecule has 67 heavy (non-hydrogen) atoms. The van der Waals surface area contributed by atoms with Crippen LogP contribution in [0.3, 0.4) is 0 Å². The number of hydrogen-bond acceptors (Lipinski definition) is 16. The zero-order valence-electron chi connectivity index (χ0n) is 38.5. The summed E-state index contributed by atoms with van der Waals surface area (Å²) in [7, 11) is 0. The number of carbonyl (C=O) groups is 4. The normalized spacial score (nSPS) is 14.4. The fourth-order valence-corrected chi connectivity index (χ4v) is 8.93. The van der Waals surface area contributed by atoms with Gasteiger partial charge in [-0.1, -0.05) is 12.8 Å². The van der Waals surface area contributed by atoms with E-state index in [1.807, 2.05) is 19.1 Å². The number of piperazine rings is 1. The van der Waals surface area contributed by atoms with Crippen LogP contribution in [0.25, 0.3) is 11.0 Å². The molecule has 1 saturated heterocycles. The quantitative estimate of drug-likeness (QED) is 0.0550. The highest BCUT2D eigenvalue weighted by Gasteiger charge is 2.26. The van der Waals surface area contributed by atoms with E-state index in [0.717, 1.165) is 62.4 Å². The van der Waals surface area contributed by atoms with Gasteiger partial charge in [0.05, 0.1) is 63.6 Å². The van der Waals surface area contributed by atoms with Crippen molar-refractivity contribution in [1.82, 2.24) is 40.0 Å². The third kappa shape index (κ3) is 13.0. The summed E-state index contributed by atoms with van der Waals surface area (Å²) in [4.78, 5) is 87.2. The Hall–Kier alpha value is -6.19. The summed E-state index contributed by atoms with van der Waals surface area (Å²) in [5.41, 5.74) is 3.62. The first kappa shape index (κ1) is 48.7. The number of aryl methyl sites for hydroxylation is 3. The molecule has 0 spiro atoms. The van der Waals surface area contributed by atoms with Crippen molar-refractivity contribution in [3.63, 3.8) is 0 Å². The largest absolute Gasteiger partial charge is 0.377 e. The first-order chi connectivity index (χ1) is 32.4. The van der Waals surface area contributed by atoms with Gasteiger partial charge in [-0.25, -0.2) is 15.0 Å². The summed E-state index contributed by atoms with van der Waals surface area (Å²) in [5.74, 6) is 0.0478. The van der Waals surface area contributed by atoms with Crippen LogP contribution in [0.1, 0.15) is 85.7 Å². The fourth-order valence-electron chi connectivity index (χ4n) is 8.27. The number of nitrogens with one attached hydrogen (secondary N) is 4. The topological polar surface area (TPSA) is 224 Å². The fraction of sp³-hybridized carbons (Fsp3) is 0.468. The number of aromatic nitrogens is 5. The maximum atomic E-state index is 13.6. The molecule has 0 unspecified atom stereocenters. The van der Waals surface area contributed by atoms with Crippen LogP contribution >= 0.6 is 11.3 Å². The van der Waals surface area contributed by atoms with Crippen LogP contribution in [-0.4, -0.2) is 138 Å². The van der Waals surface area contributed by atoms with Crippen LogP contribution in [0.2, 0.25) is 0 Å². The zero-order chi connectivity index (χ0) is 47.3. The number of carbonyl (C=O) groups excluding carboxylic acids is 4. The summed E-state index contributed by atoms with van der Waals surface area (Å²) in [6.45, 7) is 13.1. The lowest BCUT2D eigenvalue weighted by Gasteiger charge is -2.35. The standard InChI is InChI=1S/C47H59N11O8S/c1-30-25-34(9-11-37(30)44(62)55-47-52-26-31(2)67-47)43(61)49-14-20-65-22-24-66-23-21-64-19-13-48-40(60)29-56-15-17-57(18-16-56)36-10-12-39(50-27-36)53-46-51-28-38-32(3)41(33(4)59)45(63)58(42(38)54-46)35-7-5-6-8-35/h9-12,25-28,35H,5-8,13-24,29H2,1-4H3,(H,48,60)(H,49,61)(H,52,55,62)(H,50,51,53,54). The van der Waals surface area contributed by atoms with E-state index in [2.05, 4.69) is 46.0 Å². The van der Waals surface area contributed by atoms with Crippen molar-refractivity contribution in [3.8, 4) is 0 Å². The minimum atomic E-state index is -0.288. The molecule has 20 heteroatoms. The van der Waals surface area contributed by atoms with Gasteiger partial charge < -0.3 is 35.1 Å². The molecule has 2 fully saturated rings. The van der Waals surface area contributed by atoms with Crippen LogP contribution < -0.4 is 31.7 Å². The van der Waals surface area contributed by atoms with Gasteiger partial charge in [0.15, 0.2) is 10.9 Å². The summed E-state index contributed by atoms with van der Waals surface area (Å²) in [6.07, 6.45) is 8.97. The molecular formula is C47H59N11O8S. The van der Waals surface area contributed by atoms with E-state index >= 15 is 0 Å². The minimum Gasteiger partial charge on any atom is -0.377 e. The SMILES string of the molecule is CC(=O)c1c(C)c2cnc(Nc3ccc(N4CCN(CC(=O)NCCOCCOCCOCCNC(=O)c5ccc(C(=O)Nc6ncc(C)s6)c(C)c5)CC4)cn3)nc2n(C2CCCC2)c1=O. The first-order valence-corrected chi connectivity index (χ1v) is 23.5. The van der Waals surface area contributed by atoms with Crippen molar-refractivity contribution in [2.75, 3.05) is 101 Å². The summed E-state index contributed by atoms with van der Waals surface area (Å²) >= 11 is 1.40. The number of amides is 3. The van der Waals surface area contributed by atoms with Crippen molar-refractivity contribution in [2.24, 2.45) is 0 Å². The summed E-state index contributed by atoms with van der Waals surface area (Å²) < 4.78 is 18.4. The third-order valence-corrected chi connectivity index (χ3v) is 12.6. The van der Waals surface area contributed by atoms with Gasteiger partial charge in [0.25, 0.3) is 17.4 Å². The van der Waals surface area contributed by atoms with Crippen LogP contribution in [0.4, 0.5) is 22.6 Å². The Kier molecular flexibility index (Phi) is 17.1. The molecule has 5 heterocycles. The smallest absolute Gasteiger partial charge is 0.263 e. The van der Waals surface area contributed by atoms with Crippen LogP contribution in [-0.2, 0) is 19.0 Å². The first-order valence-electron chi connectivity index (χ1n) is 22.7. The lowest BCUT2D eigenvalue weighted by molar-refractivity contribution is -0.122. The monoisotopic (exact) mass is 937 g/mol. The van der Waals surface area contributed by atoms with Gasteiger partial charge in [-0.05, 0) is 82.0 Å². The van der Waals surface area contributed by atoms with Crippen molar-refractivity contribution in [3.05, 3.63) is 92.0 Å². The minimum absolute atomic E-state index is 0.00440. The Balaban J connectivity index is 0.715. The van der Waals surface area contributed by atoms with Gasteiger partial charge in [-0.15, -0.1) is 11.3 Å². The Morgan fingerprint density at radius 2 is 1.49 bits per heavy atom. The predicted octanol–water partition coefficient (Wildman–Crippen LogP) is 4.60. The highest BCUT2D eigenvalue weighted by Crippen LogP contribution is 2.32.